The molecule has 0 aliphatic heterocycles. The van der Waals surface area contributed by atoms with Crippen molar-refractivity contribution in [2.75, 3.05) is 10.6 Å². The van der Waals surface area contributed by atoms with Crippen molar-refractivity contribution in [3.63, 3.8) is 0 Å². The summed E-state index contributed by atoms with van der Waals surface area (Å²) in [4.78, 5) is 12.4. The van der Waals surface area contributed by atoms with Gasteiger partial charge >= 0.3 is 6.03 Å². The lowest BCUT2D eigenvalue weighted by Crippen LogP contribution is -2.21. The van der Waals surface area contributed by atoms with Crippen LogP contribution in [0, 0.1) is 0 Å². The molecule has 7 heteroatoms. The molecular weight excluding hydrogens is 383 g/mol. The summed E-state index contributed by atoms with van der Waals surface area (Å²) in [6.45, 7) is 4.69. The standard InChI is InChI=1S/C20H20Cl2N4O/c1-13(2)18-11-19(26(25-18)12-14-6-4-3-5-7-14)24-20(27)23-15-8-9-16(21)17(22)10-15/h3-11,13H,12H2,1-2H3,(H2,23,24,27). The minimum Gasteiger partial charge on any atom is -0.308 e. The normalized spacial score (nSPS) is 10.9. The molecule has 2 N–H and O–H groups in total. The summed E-state index contributed by atoms with van der Waals surface area (Å²) in [5.41, 5.74) is 2.57. The number of carbonyl (C=O) groups is 1. The maximum Gasteiger partial charge on any atom is 0.324 e. The first-order valence-corrected chi connectivity index (χ1v) is 9.32. The van der Waals surface area contributed by atoms with Crippen LogP contribution in [-0.2, 0) is 6.54 Å². The molecule has 0 spiro atoms. The summed E-state index contributed by atoms with van der Waals surface area (Å²) >= 11 is 11.9. The zero-order chi connectivity index (χ0) is 19.4. The van der Waals surface area contributed by atoms with Crippen LogP contribution in [0.1, 0.15) is 31.0 Å². The third-order valence-corrected chi connectivity index (χ3v) is 4.72. The fraction of sp³-hybridized carbons (Fsp3) is 0.200. The van der Waals surface area contributed by atoms with Crippen molar-refractivity contribution in [3.05, 3.63) is 75.9 Å². The van der Waals surface area contributed by atoms with Gasteiger partial charge in [-0.3, -0.25) is 5.32 Å². The second-order valence-electron chi connectivity index (χ2n) is 6.46. The highest BCUT2D eigenvalue weighted by molar-refractivity contribution is 6.42. The van der Waals surface area contributed by atoms with Crippen LogP contribution in [0.25, 0.3) is 0 Å². The monoisotopic (exact) mass is 402 g/mol. The fourth-order valence-corrected chi connectivity index (χ4v) is 2.85. The van der Waals surface area contributed by atoms with E-state index >= 15 is 0 Å². The first-order valence-electron chi connectivity index (χ1n) is 8.57. The Bertz CT molecular complexity index is 938. The molecule has 27 heavy (non-hydrogen) atoms. The Labute approximate surface area is 168 Å². The van der Waals surface area contributed by atoms with Crippen LogP contribution >= 0.6 is 23.2 Å². The van der Waals surface area contributed by atoms with Crippen molar-refractivity contribution < 1.29 is 4.79 Å². The Kier molecular flexibility index (Phi) is 6.04. The molecule has 0 saturated heterocycles. The quantitative estimate of drug-likeness (QED) is 0.549. The summed E-state index contributed by atoms with van der Waals surface area (Å²) < 4.78 is 1.79. The van der Waals surface area contributed by atoms with E-state index in [0.717, 1.165) is 11.3 Å². The topological polar surface area (TPSA) is 59.0 Å². The number of aromatic nitrogens is 2. The summed E-state index contributed by atoms with van der Waals surface area (Å²) in [7, 11) is 0. The van der Waals surface area contributed by atoms with Gasteiger partial charge in [0, 0.05) is 11.8 Å². The summed E-state index contributed by atoms with van der Waals surface area (Å²) in [5.74, 6) is 0.876. The Hall–Kier alpha value is -2.50. The maximum atomic E-state index is 12.4. The predicted octanol–water partition coefficient (Wildman–Crippen LogP) is 6.01. The fourth-order valence-electron chi connectivity index (χ4n) is 2.55. The lowest BCUT2D eigenvalue weighted by molar-refractivity contribution is 0.262. The van der Waals surface area contributed by atoms with E-state index in [1.54, 1.807) is 22.9 Å². The van der Waals surface area contributed by atoms with Gasteiger partial charge in [-0.15, -0.1) is 0 Å². The zero-order valence-electron chi connectivity index (χ0n) is 15.0. The highest BCUT2D eigenvalue weighted by Crippen LogP contribution is 2.25. The first kappa shape index (κ1) is 19.3. The van der Waals surface area contributed by atoms with Gasteiger partial charge in [0.15, 0.2) is 0 Å². The molecule has 2 aromatic carbocycles. The number of amides is 2. The Balaban J connectivity index is 1.78. The SMILES string of the molecule is CC(C)c1cc(NC(=O)Nc2ccc(Cl)c(Cl)c2)n(Cc2ccccc2)n1. The van der Waals surface area contributed by atoms with E-state index in [1.807, 2.05) is 36.4 Å². The van der Waals surface area contributed by atoms with Crippen LogP contribution in [0.3, 0.4) is 0 Å². The molecule has 0 bridgehead atoms. The smallest absolute Gasteiger partial charge is 0.308 e. The molecule has 1 aromatic heterocycles. The number of anilines is 2. The molecule has 0 radical (unpaired) electrons. The van der Waals surface area contributed by atoms with Gasteiger partial charge in [-0.25, -0.2) is 9.48 Å². The number of halogens is 2. The lowest BCUT2D eigenvalue weighted by atomic mass is 10.1. The molecule has 5 nitrogen and oxygen atoms in total. The number of urea groups is 1. The Morgan fingerprint density at radius 1 is 1.04 bits per heavy atom. The van der Waals surface area contributed by atoms with Crippen molar-refractivity contribution in [1.82, 2.24) is 9.78 Å². The van der Waals surface area contributed by atoms with Gasteiger partial charge in [-0.1, -0.05) is 67.4 Å². The van der Waals surface area contributed by atoms with Gasteiger partial charge in [0.05, 0.1) is 22.3 Å². The molecule has 1 heterocycles. The van der Waals surface area contributed by atoms with Crippen molar-refractivity contribution in [3.8, 4) is 0 Å². The number of nitrogens with one attached hydrogen (secondary N) is 2. The van der Waals surface area contributed by atoms with Crippen LogP contribution < -0.4 is 10.6 Å². The average Bonchev–Trinajstić information content (AvgIpc) is 3.02. The van der Waals surface area contributed by atoms with Crippen molar-refractivity contribution in [1.29, 1.82) is 0 Å². The van der Waals surface area contributed by atoms with E-state index in [2.05, 4.69) is 29.6 Å². The van der Waals surface area contributed by atoms with Crippen LogP contribution in [0.4, 0.5) is 16.3 Å². The molecule has 0 unspecified atom stereocenters. The highest BCUT2D eigenvalue weighted by atomic mass is 35.5. The molecule has 0 aliphatic rings. The molecule has 140 valence electrons. The second-order valence-corrected chi connectivity index (χ2v) is 7.27. The summed E-state index contributed by atoms with van der Waals surface area (Å²) in [6.07, 6.45) is 0. The molecule has 3 aromatic rings. The van der Waals surface area contributed by atoms with Gasteiger partial charge < -0.3 is 5.32 Å². The summed E-state index contributed by atoms with van der Waals surface area (Å²) in [5, 5.41) is 11.1. The highest BCUT2D eigenvalue weighted by Gasteiger charge is 2.14. The number of hydrogen-bond acceptors (Lipinski definition) is 2. The van der Waals surface area contributed by atoms with Crippen LogP contribution in [0.5, 0.6) is 0 Å². The van der Waals surface area contributed by atoms with Crippen LogP contribution in [0.15, 0.2) is 54.6 Å². The van der Waals surface area contributed by atoms with Crippen molar-refractivity contribution >= 4 is 40.7 Å². The molecule has 0 atom stereocenters. The third-order valence-electron chi connectivity index (χ3n) is 3.98. The number of hydrogen-bond donors (Lipinski definition) is 2. The summed E-state index contributed by atoms with van der Waals surface area (Å²) in [6, 6.07) is 16.4. The minimum absolute atomic E-state index is 0.251. The van der Waals surface area contributed by atoms with Crippen LogP contribution in [-0.4, -0.2) is 15.8 Å². The Morgan fingerprint density at radius 3 is 2.44 bits per heavy atom. The predicted molar refractivity (Wildman–Crippen MR) is 111 cm³/mol. The van der Waals surface area contributed by atoms with Crippen molar-refractivity contribution in [2.24, 2.45) is 0 Å². The van der Waals surface area contributed by atoms with E-state index in [4.69, 9.17) is 23.2 Å². The lowest BCUT2D eigenvalue weighted by Gasteiger charge is -2.10. The molecule has 0 fully saturated rings. The van der Waals surface area contributed by atoms with E-state index < -0.39 is 0 Å². The number of carbonyl (C=O) groups excluding carboxylic acids is 1. The molecule has 0 saturated carbocycles. The van der Waals surface area contributed by atoms with E-state index in [-0.39, 0.29) is 11.9 Å². The van der Waals surface area contributed by atoms with E-state index in [1.165, 1.54) is 0 Å². The van der Waals surface area contributed by atoms with Gasteiger partial charge in [0.1, 0.15) is 5.82 Å². The molecule has 0 aliphatic carbocycles. The third kappa shape index (κ3) is 5.02. The van der Waals surface area contributed by atoms with E-state index in [0.29, 0.717) is 28.1 Å². The zero-order valence-corrected chi connectivity index (χ0v) is 16.6. The molecule has 2 amide bonds. The number of benzene rings is 2. The van der Waals surface area contributed by atoms with Crippen molar-refractivity contribution in [2.45, 2.75) is 26.3 Å². The van der Waals surface area contributed by atoms with E-state index in [9.17, 15) is 4.79 Å². The molecule has 3 rings (SSSR count). The van der Waals surface area contributed by atoms with Crippen LogP contribution in [0.2, 0.25) is 10.0 Å². The molecular formula is C20H20Cl2N4O. The Morgan fingerprint density at radius 2 is 1.78 bits per heavy atom. The minimum atomic E-state index is -0.377. The maximum absolute atomic E-state index is 12.4. The van der Waals surface area contributed by atoms with Gasteiger partial charge in [0.25, 0.3) is 0 Å². The second kappa shape index (κ2) is 8.46. The number of nitrogens with zero attached hydrogens (tertiary/aromatic N) is 2. The average molecular weight is 403 g/mol. The number of rotatable bonds is 5. The van der Waals surface area contributed by atoms with Gasteiger partial charge in [-0.05, 0) is 29.7 Å². The van der Waals surface area contributed by atoms with Gasteiger partial charge in [0.2, 0.25) is 0 Å². The first-order chi connectivity index (χ1) is 12.9. The largest absolute Gasteiger partial charge is 0.324 e. The van der Waals surface area contributed by atoms with Gasteiger partial charge in [-0.2, -0.15) is 5.10 Å².